The molecule has 3 heteroatoms. The van der Waals surface area contributed by atoms with Crippen molar-refractivity contribution >= 4 is 0 Å². The van der Waals surface area contributed by atoms with Gasteiger partial charge in [-0.1, -0.05) is 6.92 Å². The van der Waals surface area contributed by atoms with Crippen molar-refractivity contribution < 1.29 is 5.11 Å². The van der Waals surface area contributed by atoms with Crippen molar-refractivity contribution in [1.82, 2.24) is 10.2 Å². The second-order valence-electron chi connectivity index (χ2n) is 3.96. The molecular formula is C11H26N2O. The maximum Gasteiger partial charge on any atom is 0.0558 e. The summed E-state index contributed by atoms with van der Waals surface area (Å²) in [7, 11) is 0. The van der Waals surface area contributed by atoms with E-state index < -0.39 is 0 Å². The van der Waals surface area contributed by atoms with Crippen LogP contribution in [0.25, 0.3) is 0 Å². The molecule has 0 bridgehead atoms. The van der Waals surface area contributed by atoms with Crippen LogP contribution in [0.1, 0.15) is 33.6 Å². The summed E-state index contributed by atoms with van der Waals surface area (Å²) in [6.45, 7) is 10.9. The van der Waals surface area contributed by atoms with Gasteiger partial charge in [-0.15, -0.1) is 0 Å². The fourth-order valence-electron chi connectivity index (χ4n) is 1.47. The normalized spacial score (nSPS) is 11.6. The highest BCUT2D eigenvalue weighted by Gasteiger charge is 2.06. The highest BCUT2D eigenvalue weighted by atomic mass is 16.3. The van der Waals surface area contributed by atoms with Gasteiger partial charge in [0, 0.05) is 12.6 Å². The second-order valence-corrected chi connectivity index (χ2v) is 3.96. The summed E-state index contributed by atoms with van der Waals surface area (Å²) in [5, 5.41) is 12.3. The fourth-order valence-corrected chi connectivity index (χ4v) is 1.47. The van der Waals surface area contributed by atoms with Crippen molar-refractivity contribution in [3.63, 3.8) is 0 Å². The van der Waals surface area contributed by atoms with Gasteiger partial charge in [-0.25, -0.2) is 0 Å². The molecular weight excluding hydrogens is 176 g/mol. The van der Waals surface area contributed by atoms with Gasteiger partial charge < -0.3 is 10.4 Å². The van der Waals surface area contributed by atoms with Gasteiger partial charge in [-0.05, 0) is 46.3 Å². The molecule has 0 aromatic rings. The number of rotatable bonds is 9. The predicted molar refractivity (Wildman–Crippen MR) is 61.6 cm³/mol. The first-order valence-corrected chi connectivity index (χ1v) is 5.78. The Morgan fingerprint density at radius 2 is 1.93 bits per heavy atom. The Morgan fingerprint density at radius 1 is 1.21 bits per heavy atom. The summed E-state index contributed by atoms with van der Waals surface area (Å²) in [5.74, 6) is 0. The van der Waals surface area contributed by atoms with E-state index in [0.717, 1.165) is 32.6 Å². The quantitative estimate of drug-likeness (QED) is 0.549. The standard InChI is InChI=1S/C11H26N2O/c1-4-6-12-7-5-8-13(9-10-14)11(2)3/h11-12,14H,4-10H2,1-3H3. The molecule has 14 heavy (non-hydrogen) atoms. The van der Waals surface area contributed by atoms with Crippen molar-refractivity contribution in [1.29, 1.82) is 0 Å². The molecule has 3 nitrogen and oxygen atoms in total. The molecule has 86 valence electrons. The van der Waals surface area contributed by atoms with E-state index in [4.69, 9.17) is 5.11 Å². The van der Waals surface area contributed by atoms with Gasteiger partial charge in [0.1, 0.15) is 0 Å². The van der Waals surface area contributed by atoms with Crippen molar-refractivity contribution in [2.75, 3.05) is 32.8 Å². The minimum Gasteiger partial charge on any atom is -0.395 e. The number of aliphatic hydroxyl groups excluding tert-OH is 1. The average Bonchev–Trinajstić information content (AvgIpc) is 2.15. The molecule has 0 saturated heterocycles. The highest BCUT2D eigenvalue weighted by Crippen LogP contribution is 1.98. The van der Waals surface area contributed by atoms with Gasteiger partial charge in [0.2, 0.25) is 0 Å². The van der Waals surface area contributed by atoms with E-state index in [0.29, 0.717) is 6.04 Å². The van der Waals surface area contributed by atoms with Crippen LogP contribution in [0.4, 0.5) is 0 Å². The van der Waals surface area contributed by atoms with E-state index in [-0.39, 0.29) is 6.61 Å². The summed E-state index contributed by atoms with van der Waals surface area (Å²) in [6.07, 6.45) is 2.36. The number of hydrogen-bond acceptors (Lipinski definition) is 3. The first-order chi connectivity index (χ1) is 6.72. The van der Waals surface area contributed by atoms with Crippen LogP contribution in [0.3, 0.4) is 0 Å². The molecule has 0 unspecified atom stereocenters. The van der Waals surface area contributed by atoms with E-state index in [9.17, 15) is 0 Å². The Morgan fingerprint density at radius 3 is 2.43 bits per heavy atom. The van der Waals surface area contributed by atoms with Crippen molar-refractivity contribution in [3.05, 3.63) is 0 Å². The molecule has 0 fully saturated rings. The molecule has 0 aliphatic carbocycles. The molecule has 0 aliphatic heterocycles. The second kappa shape index (κ2) is 9.44. The largest absolute Gasteiger partial charge is 0.395 e. The Kier molecular flexibility index (Phi) is 9.35. The monoisotopic (exact) mass is 202 g/mol. The van der Waals surface area contributed by atoms with Crippen molar-refractivity contribution in [2.24, 2.45) is 0 Å². The molecule has 2 N–H and O–H groups in total. The molecule has 0 atom stereocenters. The number of aliphatic hydroxyl groups is 1. The smallest absolute Gasteiger partial charge is 0.0558 e. The minimum absolute atomic E-state index is 0.264. The van der Waals surface area contributed by atoms with Crippen molar-refractivity contribution in [3.8, 4) is 0 Å². The summed E-state index contributed by atoms with van der Waals surface area (Å²) < 4.78 is 0. The Hall–Kier alpha value is -0.120. The van der Waals surface area contributed by atoms with E-state index >= 15 is 0 Å². The molecule has 0 aliphatic rings. The molecule has 0 saturated carbocycles. The lowest BCUT2D eigenvalue weighted by Crippen LogP contribution is -2.35. The van der Waals surface area contributed by atoms with E-state index in [1.807, 2.05) is 0 Å². The maximum absolute atomic E-state index is 8.87. The van der Waals surface area contributed by atoms with Gasteiger partial charge in [0.25, 0.3) is 0 Å². The van der Waals surface area contributed by atoms with Gasteiger partial charge >= 0.3 is 0 Å². The van der Waals surface area contributed by atoms with Crippen LogP contribution >= 0.6 is 0 Å². The van der Waals surface area contributed by atoms with Gasteiger partial charge in [-0.2, -0.15) is 0 Å². The molecule has 0 amide bonds. The lowest BCUT2D eigenvalue weighted by Gasteiger charge is -2.25. The topological polar surface area (TPSA) is 35.5 Å². The number of nitrogens with zero attached hydrogens (tertiary/aromatic N) is 1. The highest BCUT2D eigenvalue weighted by molar-refractivity contribution is 4.62. The molecule has 0 radical (unpaired) electrons. The summed E-state index contributed by atoms with van der Waals surface area (Å²) in [4.78, 5) is 2.31. The van der Waals surface area contributed by atoms with Crippen LogP contribution in [-0.4, -0.2) is 48.8 Å². The van der Waals surface area contributed by atoms with Crippen LogP contribution in [0.5, 0.6) is 0 Å². The molecule has 0 aromatic heterocycles. The third-order valence-electron chi connectivity index (χ3n) is 2.34. The fraction of sp³-hybridized carbons (Fsp3) is 1.00. The van der Waals surface area contributed by atoms with E-state index in [1.165, 1.54) is 6.42 Å². The Bertz CT molecular complexity index is 118. The van der Waals surface area contributed by atoms with Gasteiger partial charge in [0.15, 0.2) is 0 Å². The average molecular weight is 202 g/mol. The zero-order valence-electron chi connectivity index (χ0n) is 9.92. The Labute approximate surface area is 88.5 Å². The molecule has 0 spiro atoms. The predicted octanol–water partition coefficient (Wildman–Crippen LogP) is 1.08. The van der Waals surface area contributed by atoms with Crippen LogP contribution in [-0.2, 0) is 0 Å². The third-order valence-corrected chi connectivity index (χ3v) is 2.34. The molecule has 0 heterocycles. The van der Waals surface area contributed by atoms with Crippen LogP contribution < -0.4 is 5.32 Å². The van der Waals surface area contributed by atoms with Gasteiger partial charge in [0.05, 0.1) is 6.61 Å². The third kappa shape index (κ3) is 7.30. The first kappa shape index (κ1) is 13.9. The summed E-state index contributed by atoms with van der Waals surface area (Å²) in [5.41, 5.74) is 0. The molecule has 0 aromatic carbocycles. The van der Waals surface area contributed by atoms with Crippen LogP contribution in [0.15, 0.2) is 0 Å². The summed E-state index contributed by atoms with van der Waals surface area (Å²) >= 11 is 0. The van der Waals surface area contributed by atoms with Crippen LogP contribution in [0, 0.1) is 0 Å². The minimum atomic E-state index is 0.264. The maximum atomic E-state index is 8.87. The van der Waals surface area contributed by atoms with E-state index in [2.05, 4.69) is 31.0 Å². The van der Waals surface area contributed by atoms with E-state index in [1.54, 1.807) is 0 Å². The lowest BCUT2D eigenvalue weighted by atomic mass is 10.3. The lowest BCUT2D eigenvalue weighted by molar-refractivity contribution is 0.164. The SMILES string of the molecule is CCCNCCCN(CCO)C(C)C. The van der Waals surface area contributed by atoms with Crippen LogP contribution in [0.2, 0.25) is 0 Å². The van der Waals surface area contributed by atoms with Gasteiger partial charge in [-0.3, -0.25) is 4.90 Å². The first-order valence-electron chi connectivity index (χ1n) is 5.78. The number of nitrogens with one attached hydrogen (secondary N) is 1. The zero-order valence-corrected chi connectivity index (χ0v) is 9.92. The summed E-state index contributed by atoms with van der Waals surface area (Å²) in [6, 6.07) is 0.535. The zero-order chi connectivity index (χ0) is 10.8. The van der Waals surface area contributed by atoms with Crippen molar-refractivity contribution in [2.45, 2.75) is 39.7 Å². The molecule has 0 rings (SSSR count). The number of hydrogen-bond donors (Lipinski definition) is 2. The Balaban J connectivity index is 3.41.